The zero-order valence-electron chi connectivity index (χ0n) is 9.05. The van der Waals surface area contributed by atoms with Crippen LogP contribution in [0.4, 0.5) is 0 Å². The summed E-state index contributed by atoms with van der Waals surface area (Å²) in [6.07, 6.45) is 3.95. The second kappa shape index (κ2) is 4.14. The lowest BCUT2D eigenvalue weighted by Gasteiger charge is -2.07. The minimum atomic E-state index is 0.0258. The molecule has 4 heteroatoms. The molecule has 82 valence electrons. The summed E-state index contributed by atoms with van der Waals surface area (Å²) in [4.78, 5) is 19.0. The van der Waals surface area contributed by atoms with Crippen LogP contribution in [-0.2, 0) is 6.42 Å². The number of hydrogen-bond donors (Lipinski definition) is 2. The highest BCUT2D eigenvalue weighted by Gasteiger charge is 2.28. The molecule has 15 heavy (non-hydrogen) atoms. The number of hydrogen-bond acceptors (Lipinski definition) is 3. The quantitative estimate of drug-likeness (QED) is 0.768. The van der Waals surface area contributed by atoms with Gasteiger partial charge >= 0.3 is 0 Å². The Balaban J connectivity index is 2.35. The molecule has 2 rings (SSSR count). The molecule has 0 spiro atoms. The van der Waals surface area contributed by atoms with Crippen LogP contribution in [0.2, 0.25) is 0 Å². The molecule has 3 N–H and O–H groups in total. The number of rotatable bonds is 4. The van der Waals surface area contributed by atoms with E-state index >= 15 is 0 Å². The van der Waals surface area contributed by atoms with E-state index in [1.54, 1.807) is 0 Å². The van der Waals surface area contributed by atoms with Crippen LogP contribution in [0.1, 0.15) is 42.3 Å². The molecule has 0 saturated heterocycles. The van der Waals surface area contributed by atoms with Gasteiger partial charge in [-0.15, -0.1) is 0 Å². The third kappa shape index (κ3) is 2.26. The summed E-state index contributed by atoms with van der Waals surface area (Å²) in [7, 11) is 0. The van der Waals surface area contributed by atoms with E-state index in [0.717, 1.165) is 29.9 Å². The lowest BCUT2D eigenvalue weighted by atomic mass is 10.1. The van der Waals surface area contributed by atoms with Crippen molar-refractivity contribution >= 4 is 0 Å². The third-order valence-electron chi connectivity index (χ3n) is 2.76. The van der Waals surface area contributed by atoms with E-state index in [0.29, 0.717) is 12.5 Å². The molecule has 1 aliphatic rings. The van der Waals surface area contributed by atoms with E-state index in [9.17, 15) is 4.79 Å². The van der Waals surface area contributed by atoms with Gasteiger partial charge in [0.05, 0.1) is 5.69 Å². The Morgan fingerprint density at radius 1 is 1.53 bits per heavy atom. The smallest absolute Gasteiger partial charge is 0.254 e. The largest absolute Gasteiger partial charge is 0.330 e. The van der Waals surface area contributed by atoms with Crippen LogP contribution >= 0.6 is 0 Å². The lowest BCUT2D eigenvalue weighted by molar-refractivity contribution is 0.782. The Morgan fingerprint density at radius 2 is 2.27 bits per heavy atom. The van der Waals surface area contributed by atoms with Crippen molar-refractivity contribution in [3.05, 3.63) is 27.4 Å². The lowest BCUT2D eigenvalue weighted by Crippen LogP contribution is -2.19. The molecule has 0 atom stereocenters. The van der Waals surface area contributed by atoms with Gasteiger partial charge in [0.15, 0.2) is 0 Å². The fraction of sp³-hybridized carbons (Fsp3) is 0.636. The summed E-state index contributed by atoms with van der Waals surface area (Å²) in [6.45, 7) is 2.46. The maximum Gasteiger partial charge on any atom is 0.254 e. The number of nitrogens with two attached hydrogens (primary N) is 1. The predicted octanol–water partition coefficient (Wildman–Crippen LogP) is 0.847. The van der Waals surface area contributed by atoms with E-state index in [1.807, 2.05) is 6.92 Å². The highest BCUT2D eigenvalue weighted by molar-refractivity contribution is 5.25. The van der Waals surface area contributed by atoms with Gasteiger partial charge in [-0.1, -0.05) is 0 Å². The van der Waals surface area contributed by atoms with Crippen LogP contribution in [0.5, 0.6) is 0 Å². The van der Waals surface area contributed by atoms with Crippen molar-refractivity contribution in [3.8, 4) is 0 Å². The number of H-pyrrole nitrogens is 1. The van der Waals surface area contributed by atoms with Crippen LogP contribution in [0.3, 0.4) is 0 Å². The molecular weight excluding hydrogens is 190 g/mol. The van der Waals surface area contributed by atoms with Crippen molar-refractivity contribution in [2.75, 3.05) is 6.54 Å². The summed E-state index contributed by atoms with van der Waals surface area (Å²) >= 11 is 0. The molecule has 0 aromatic carbocycles. The van der Waals surface area contributed by atoms with Gasteiger partial charge < -0.3 is 10.7 Å². The molecule has 0 unspecified atom stereocenters. The Labute approximate surface area is 88.9 Å². The van der Waals surface area contributed by atoms with Crippen LogP contribution in [-0.4, -0.2) is 16.5 Å². The van der Waals surface area contributed by atoms with Crippen LogP contribution in [0.15, 0.2) is 4.79 Å². The number of aromatic nitrogens is 2. The minimum Gasteiger partial charge on any atom is -0.330 e. The third-order valence-corrected chi connectivity index (χ3v) is 2.76. The Kier molecular flexibility index (Phi) is 2.86. The van der Waals surface area contributed by atoms with E-state index < -0.39 is 0 Å². The SMILES string of the molecule is Cc1nc(C2CC2)c(CCCN)c(=O)[nH]1. The van der Waals surface area contributed by atoms with Gasteiger partial charge in [0.2, 0.25) is 0 Å². The number of nitrogens with zero attached hydrogens (tertiary/aromatic N) is 1. The first-order valence-corrected chi connectivity index (χ1v) is 5.52. The molecule has 0 amide bonds. The van der Waals surface area contributed by atoms with Gasteiger partial charge in [-0.25, -0.2) is 4.98 Å². The summed E-state index contributed by atoms with van der Waals surface area (Å²) in [6, 6.07) is 0. The zero-order chi connectivity index (χ0) is 10.8. The monoisotopic (exact) mass is 207 g/mol. The van der Waals surface area contributed by atoms with Gasteiger partial charge in [-0.05, 0) is 39.2 Å². The molecule has 0 bridgehead atoms. The van der Waals surface area contributed by atoms with E-state index in [-0.39, 0.29) is 5.56 Å². The van der Waals surface area contributed by atoms with Crippen molar-refractivity contribution < 1.29 is 0 Å². The molecule has 1 fully saturated rings. The second-order valence-electron chi connectivity index (χ2n) is 4.18. The van der Waals surface area contributed by atoms with Crippen LogP contribution in [0, 0.1) is 6.92 Å². The highest BCUT2D eigenvalue weighted by Crippen LogP contribution is 2.40. The Hall–Kier alpha value is -1.16. The molecule has 1 saturated carbocycles. The Morgan fingerprint density at radius 3 is 2.87 bits per heavy atom. The van der Waals surface area contributed by atoms with Gasteiger partial charge in [-0.3, -0.25) is 4.79 Å². The van der Waals surface area contributed by atoms with Crippen molar-refractivity contribution in [2.24, 2.45) is 5.73 Å². The summed E-state index contributed by atoms with van der Waals surface area (Å²) < 4.78 is 0. The predicted molar refractivity (Wildman–Crippen MR) is 58.9 cm³/mol. The zero-order valence-corrected chi connectivity index (χ0v) is 9.05. The summed E-state index contributed by atoms with van der Waals surface area (Å²) in [5.41, 5.74) is 7.36. The Bertz CT molecular complexity index is 407. The summed E-state index contributed by atoms with van der Waals surface area (Å²) in [5.74, 6) is 1.25. The normalized spacial score (nSPS) is 15.6. The van der Waals surface area contributed by atoms with Crippen molar-refractivity contribution in [3.63, 3.8) is 0 Å². The number of aromatic amines is 1. The van der Waals surface area contributed by atoms with Crippen molar-refractivity contribution in [1.82, 2.24) is 9.97 Å². The first-order chi connectivity index (χ1) is 7.22. The molecule has 1 aliphatic carbocycles. The molecule has 1 aromatic heterocycles. The average Bonchev–Trinajstić information content (AvgIpc) is 2.98. The van der Waals surface area contributed by atoms with E-state index in [2.05, 4.69) is 9.97 Å². The minimum absolute atomic E-state index is 0.0258. The van der Waals surface area contributed by atoms with Gasteiger partial charge in [-0.2, -0.15) is 0 Å². The van der Waals surface area contributed by atoms with E-state index in [4.69, 9.17) is 5.73 Å². The standard InChI is InChI=1S/C11H17N3O/c1-7-13-10(8-4-5-8)9(3-2-6-12)11(15)14-7/h8H,2-6,12H2,1H3,(H,13,14,15). The molecule has 0 radical (unpaired) electrons. The first-order valence-electron chi connectivity index (χ1n) is 5.52. The second-order valence-corrected chi connectivity index (χ2v) is 4.18. The fourth-order valence-electron chi connectivity index (χ4n) is 1.85. The van der Waals surface area contributed by atoms with Crippen molar-refractivity contribution in [2.45, 2.75) is 38.5 Å². The van der Waals surface area contributed by atoms with Gasteiger partial charge in [0.1, 0.15) is 5.82 Å². The molecular formula is C11H17N3O. The van der Waals surface area contributed by atoms with Gasteiger partial charge in [0, 0.05) is 11.5 Å². The first kappa shape index (κ1) is 10.4. The maximum absolute atomic E-state index is 11.8. The fourth-order valence-corrected chi connectivity index (χ4v) is 1.85. The van der Waals surface area contributed by atoms with Crippen molar-refractivity contribution in [1.29, 1.82) is 0 Å². The molecule has 1 heterocycles. The topological polar surface area (TPSA) is 71.8 Å². The van der Waals surface area contributed by atoms with Crippen LogP contribution in [0.25, 0.3) is 0 Å². The molecule has 0 aliphatic heterocycles. The number of nitrogens with one attached hydrogen (secondary N) is 1. The molecule has 4 nitrogen and oxygen atoms in total. The summed E-state index contributed by atoms with van der Waals surface area (Å²) in [5, 5.41) is 0. The van der Waals surface area contributed by atoms with Gasteiger partial charge in [0.25, 0.3) is 5.56 Å². The van der Waals surface area contributed by atoms with E-state index in [1.165, 1.54) is 12.8 Å². The molecule has 1 aromatic rings. The van der Waals surface area contributed by atoms with Crippen LogP contribution < -0.4 is 11.3 Å². The average molecular weight is 207 g/mol. The maximum atomic E-state index is 11.8. The number of aryl methyl sites for hydroxylation is 1. The highest BCUT2D eigenvalue weighted by atomic mass is 16.1.